The molecule has 0 atom stereocenters. The molecule has 0 unspecified atom stereocenters. The highest BCUT2D eigenvalue weighted by Crippen LogP contribution is 2.26. The first-order valence-corrected chi connectivity index (χ1v) is 7.03. The lowest BCUT2D eigenvalue weighted by Crippen LogP contribution is -2.23. The van der Waals surface area contributed by atoms with E-state index in [4.69, 9.17) is 10.5 Å². The van der Waals surface area contributed by atoms with Gasteiger partial charge in [0, 0.05) is 19.8 Å². The highest BCUT2D eigenvalue weighted by Gasteiger charge is 2.14. The van der Waals surface area contributed by atoms with Crippen LogP contribution in [0.2, 0.25) is 0 Å². The molecular formula is C12H16N4OS. The van der Waals surface area contributed by atoms with E-state index in [0.717, 1.165) is 48.6 Å². The molecule has 3 N–H and O–H groups in total. The SMILES string of the molecule is Nc1nc(NCC2CCOCC2)c2ccsc2n1. The number of thiophene rings is 1. The molecule has 1 saturated heterocycles. The summed E-state index contributed by atoms with van der Waals surface area (Å²) in [7, 11) is 0. The van der Waals surface area contributed by atoms with E-state index in [-0.39, 0.29) is 0 Å². The summed E-state index contributed by atoms with van der Waals surface area (Å²) in [6, 6.07) is 2.03. The minimum Gasteiger partial charge on any atom is -0.381 e. The van der Waals surface area contributed by atoms with E-state index >= 15 is 0 Å². The largest absolute Gasteiger partial charge is 0.381 e. The van der Waals surface area contributed by atoms with Crippen molar-refractivity contribution in [1.29, 1.82) is 0 Å². The molecule has 1 aliphatic rings. The minimum atomic E-state index is 0.333. The molecule has 2 aromatic heterocycles. The second-order valence-electron chi connectivity index (χ2n) is 4.51. The molecule has 2 aromatic rings. The average Bonchev–Trinajstić information content (AvgIpc) is 2.85. The number of hydrogen-bond donors (Lipinski definition) is 2. The molecule has 0 aromatic carbocycles. The number of anilines is 2. The highest BCUT2D eigenvalue weighted by molar-refractivity contribution is 7.16. The van der Waals surface area contributed by atoms with Gasteiger partial charge in [0.1, 0.15) is 10.6 Å². The van der Waals surface area contributed by atoms with Gasteiger partial charge in [-0.05, 0) is 30.2 Å². The maximum Gasteiger partial charge on any atom is 0.223 e. The van der Waals surface area contributed by atoms with E-state index < -0.39 is 0 Å². The summed E-state index contributed by atoms with van der Waals surface area (Å²) in [4.78, 5) is 9.45. The Balaban J connectivity index is 1.75. The number of aromatic nitrogens is 2. The van der Waals surface area contributed by atoms with Gasteiger partial charge in [0.15, 0.2) is 0 Å². The summed E-state index contributed by atoms with van der Waals surface area (Å²) in [6.07, 6.45) is 2.22. The van der Waals surface area contributed by atoms with E-state index in [1.165, 1.54) is 0 Å². The predicted octanol–water partition coefficient (Wildman–Crippen LogP) is 2.11. The number of ether oxygens (including phenoxy) is 1. The number of rotatable bonds is 3. The molecule has 5 nitrogen and oxygen atoms in total. The van der Waals surface area contributed by atoms with Crippen molar-refractivity contribution in [3.63, 3.8) is 0 Å². The first-order valence-electron chi connectivity index (χ1n) is 6.15. The van der Waals surface area contributed by atoms with E-state index in [1.807, 2.05) is 11.4 Å². The van der Waals surface area contributed by atoms with E-state index in [1.54, 1.807) is 11.3 Å². The maximum absolute atomic E-state index is 5.72. The number of nitrogens with zero attached hydrogens (tertiary/aromatic N) is 2. The van der Waals surface area contributed by atoms with Crippen molar-refractivity contribution in [2.24, 2.45) is 5.92 Å². The summed E-state index contributed by atoms with van der Waals surface area (Å²) in [6.45, 7) is 2.66. The molecule has 18 heavy (non-hydrogen) atoms. The average molecular weight is 264 g/mol. The smallest absolute Gasteiger partial charge is 0.223 e. The Bertz CT molecular complexity index is 536. The third-order valence-corrected chi connectivity index (χ3v) is 4.05. The van der Waals surface area contributed by atoms with Crippen LogP contribution in [0.25, 0.3) is 10.2 Å². The molecular weight excluding hydrogens is 248 g/mol. The second-order valence-corrected chi connectivity index (χ2v) is 5.40. The van der Waals surface area contributed by atoms with Crippen LogP contribution < -0.4 is 11.1 Å². The van der Waals surface area contributed by atoms with Crippen LogP contribution in [-0.2, 0) is 4.74 Å². The highest BCUT2D eigenvalue weighted by atomic mass is 32.1. The molecule has 0 aliphatic carbocycles. The molecule has 0 saturated carbocycles. The molecule has 3 heterocycles. The molecule has 0 amide bonds. The molecule has 0 spiro atoms. The van der Waals surface area contributed by atoms with Crippen molar-refractivity contribution in [2.75, 3.05) is 30.8 Å². The monoisotopic (exact) mass is 264 g/mol. The number of nitrogens with one attached hydrogen (secondary N) is 1. The molecule has 96 valence electrons. The third-order valence-electron chi connectivity index (χ3n) is 3.24. The fourth-order valence-electron chi connectivity index (χ4n) is 2.20. The van der Waals surface area contributed by atoms with Gasteiger partial charge in [-0.2, -0.15) is 4.98 Å². The topological polar surface area (TPSA) is 73.1 Å². The van der Waals surface area contributed by atoms with Crippen LogP contribution in [0.15, 0.2) is 11.4 Å². The molecule has 1 fully saturated rings. The van der Waals surface area contributed by atoms with E-state index in [0.29, 0.717) is 11.9 Å². The van der Waals surface area contributed by atoms with E-state index in [2.05, 4.69) is 15.3 Å². The Kier molecular flexibility index (Phi) is 3.29. The second kappa shape index (κ2) is 5.07. The number of fused-ring (bicyclic) bond motifs is 1. The van der Waals surface area contributed by atoms with Gasteiger partial charge in [0.05, 0.1) is 5.39 Å². The molecule has 1 aliphatic heterocycles. The van der Waals surface area contributed by atoms with Crippen LogP contribution >= 0.6 is 11.3 Å². The van der Waals surface area contributed by atoms with Gasteiger partial charge in [-0.1, -0.05) is 0 Å². The predicted molar refractivity (Wildman–Crippen MR) is 73.9 cm³/mol. The van der Waals surface area contributed by atoms with Crippen molar-refractivity contribution in [3.05, 3.63) is 11.4 Å². The zero-order valence-electron chi connectivity index (χ0n) is 10.1. The van der Waals surface area contributed by atoms with Crippen molar-refractivity contribution in [3.8, 4) is 0 Å². The van der Waals surface area contributed by atoms with Gasteiger partial charge in [0.25, 0.3) is 0 Å². The van der Waals surface area contributed by atoms with Crippen LogP contribution in [0, 0.1) is 5.92 Å². The number of nitrogen functional groups attached to an aromatic ring is 1. The number of nitrogens with two attached hydrogens (primary N) is 1. The zero-order chi connectivity index (χ0) is 12.4. The summed E-state index contributed by atoms with van der Waals surface area (Å²) in [5.41, 5.74) is 5.72. The van der Waals surface area contributed by atoms with Gasteiger partial charge < -0.3 is 15.8 Å². The molecule has 6 heteroatoms. The maximum atomic E-state index is 5.72. The Hall–Kier alpha value is -1.40. The molecule has 0 bridgehead atoms. The lowest BCUT2D eigenvalue weighted by Gasteiger charge is -2.22. The van der Waals surface area contributed by atoms with Gasteiger partial charge in [-0.3, -0.25) is 0 Å². The van der Waals surface area contributed by atoms with Crippen LogP contribution in [0.5, 0.6) is 0 Å². The van der Waals surface area contributed by atoms with Crippen LogP contribution in [0.3, 0.4) is 0 Å². The van der Waals surface area contributed by atoms with Crippen LogP contribution in [0.1, 0.15) is 12.8 Å². The normalized spacial score (nSPS) is 17.1. The summed E-state index contributed by atoms with van der Waals surface area (Å²) in [5.74, 6) is 1.84. The Morgan fingerprint density at radius 3 is 3.06 bits per heavy atom. The van der Waals surface area contributed by atoms with E-state index in [9.17, 15) is 0 Å². The van der Waals surface area contributed by atoms with Gasteiger partial charge in [-0.25, -0.2) is 4.98 Å². The standard InChI is InChI=1S/C12H16N4OS/c13-12-15-10(9-3-6-18-11(9)16-12)14-7-8-1-4-17-5-2-8/h3,6,8H,1-2,4-5,7H2,(H3,13,14,15,16). The molecule has 3 rings (SSSR count). The van der Waals surface area contributed by atoms with Crippen molar-refractivity contribution in [1.82, 2.24) is 9.97 Å². The van der Waals surface area contributed by atoms with Gasteiger partial charge >= 0.3 is 0 Å². The lowest BCUT2D eigenvalue weighted by atomic mass is 10.0. The summed E-state index contributed by atoms with van der Waals surface area (Å²) >= 11 is 1.59. The fraction of sp³-hybridized carbons (Fsp3) is 0.500. The zero-order valence-corrected chi connectivity index (χ0v) is 10.9. The first-order chi connectivity index (χ1) is 8.83. The Morgan fingerprint density at radius 2 is 2.22 bits per heavy atom. The third kappa shape index (κ3) is 2.39. The quantitative estimate of drug-likeness (QED) is 0.888. The Morgan fingerprint density at radius 1 is 1.39 bits per heavy atom. The van der Waals surface area contributed by atoms with Crippen molar-refractivity contribution >= 4 is 33.3 Å². The van der Waals surface area contributed by atoms with Crippen molar-refractivity contribution < 1.29 is 4.74 Å². The summed E-state index contributed by atoms with van der Waals surface area (Å²) in [5, 5.41) is 6.47. The fourth-order valence-corrected chi connectivity index (χ4v) is 2.97. The number of hydrogen-bond acceptors (Lipinski definition) is 6. The van der Waals surface area contributed by atoms with Gasteiger partial charge in [0.2, 0.25) is 5.95 Å². The van der Waals surface area contributed by atoms with Crippen LogP contribution in [-0.4, -0.2) is 29.7 Å². The van der Waals surface area contributed by atoms with Crippen LogP contribution in [0.4, 0.5) is 11.8 Å². The minimum absolute atomic E-state index is 0.333. The summed E-state index contributed by atoms with van der Waals surface area (Å²) < 4.78 is 5.36. The lowest BCUT2D eigenvalue weighted by molar-refractivity contribution is 0.0699. The Labute approximate surface area is 109 Å². The van der Waals surface area contributed by atoms with Crippen molar-refractivity contribution in [2.45, 2.75) is 12.8 Å². The van der Waals surface area contributed by atoms with Gasteiger partial charge in [-0.15, -0.1) is 11.3 Å². The molecule has 0 radical (unpaired) electrons. The first kappa shape index (κ1) is 11.7.